The molecule has 1 aromatic rings. The highest BCUT2D eigenvalue weighted by Gasteiger charge is 2.09. The van der Waals surface area contributed by atoms with Gasteiger partial charge in [-0.25, -0.2) is 0 Å². The molecular formula is C12H21NS2. The molecular weight excluding hydrogens is 222 g/mol. The van der Waals surface area contributed by atoms with Crippen LogP contribution in [0.25, 0.3) is 0 Å². The Kier molecular flexibility index (Phi) is 5.72. The van der Waals surface area contributed by atoms with Gasteiger partial charge in [0.05, 0.1) is 0 Å². The third-order valence-corrected chi connectivity index (χ3v) is 4.94. The second-order valence-electron chi connectivity index (χ2n) is 3.98. The summed E-state index contributed by atoms with van der Waals surface area (Å²) in [4.78, 5) is 1.48. The van der Waals surface area contributed by atoms with E-state index in [0.29, 0.717) is 6.04 Å². The Labute approximate surface area is 102 Å². The van der Waals surface area contributed by atoms with Gasteiger partial charge in [0.15, 0.2) is 0 Å². The van der Waals surface area contributed by atoms with Crippen molar-refractivity contribution in [3.05, 3.63) is 21.9 Å². The lowest BCUT2D eigenvalue weighted by atomic mass is 10.2. The van der Waals surface area contributed by atoms with E-state index < -0.39 is 0 Å². The molecule has 0 aliphatic rings. The molecule has 2 atom stereocenters. The van der Waals surface area contributed by atoms with Gasteiger partial charge in [0, 0.05) is 16.2 Å². The summed E-state index contributed by atoms with van der Waals surface area (Å²) in [6.45, 7) is 7.84. The van der Waals surface area contributed by atoms with Crippen molar-refractivity contribution in [1.29, 1.82) is 0 Å². The van der Waals surface area contributed by atoms with Crippen LogP contribution >= 0.6 is 23.1 Å². The standard InChI is InChI=1S/C12H21NS2/c1-9-6-8-15-12(9)11(3)13-7-5-10(2)14-4/h6,8,10-11,13H,5,7H2,1-4H3. The minimum atomic E-state index is 0.499. The molecule has 0 aromatic carbocycles. The van der Waals surface area contributed by atoms with Gasteiger partial charge in [-0.2, -0.15) is 11.8 Å². The number of thiophene rings is 1. The molecule has 0 aliphatic heterocycles. The highest BCUT2D eigenvalue weighted by atomic mass is 32.2. The van der Waals surface area contributed by atoms with Gasteiger partial charge in [-0.05, 0) is 50.1 Å². The summed E-state index contributed by atoms with van der Waals surface area (Å²) < 4.78 is 0. The van der Waals surface area contributed by atoms with Gasteiger partial charge in [0.25, 0.3) is 0 Å². The van der Waals surface area contributed by atoms with Gasteiger partial charge in [-0.1, -0.05) is 6.92 Å². The molecule has 1 N–H and O–H groups in total. The average molecular weight is 243 g/mol. The van der Waals surface area contributed by atoms with Crippen molar-refractivity contribution in [2.24, 2.45) is 0 Å². The molecule has 1 heterocycles. The van der Waals surface area contributed by atoms with E-state index in [-0.39, 0.29) is 0 Å². The summed E-state index contributed by atoms with van der Waals surface area (Å²) >= 11 is 3.79. The van der Waals surface area contributed by atoms with E-state index in [1.54, 1.807) is 0 Å². The SMILES string of the molecule is CSC(C)CCNC(C)c1sccc1C. The van der Waals surface area contributed by atoms with Gasteiger partial charge in [0.1, 0.15) is 0 Å². The Balaban J connectivity index is 2.31. The van der Waals surface area contributed by atoms with Crippen LogP contribution < -0.4 is 5.32 Å². The first-order valence-corrected chi connectivity index (χ1v) is 7.62. The lowest BCUT2D eigenvalue weighted by molar-refractivity contribution is 0.563. The quantitative estimate of drug-likeness (QED) is 0.814. The monoisotopic (exact) mass is 243 g/mol. The van der Waals surface area contributed by atoms with Crippen molar-refractivity contribution in [3.8, 4) is 0 Å². The van der Waals surface area contributed by atoms with Gasteiger partial charge >= 0.3 is 0 Å². The van der Waals surface area contributed by atoms with Crippen LogP contribution in [0.5, 0.6) is 0 Å². The summed E-state index contributed by atoms with van der Waals surface area (Å²) in [5.74, 6) is 0. The molecule has 0 radical (unpaired) electrons. The summed E-state index contributed by atoms with van der Waals surface area (Å²) in [5.41, 5.74) is 1.41. The fraction of sp³-hybridized carbons (Fsp3) is 0.667. The smallest absolute Gasteiger partial charge is 0.0388 e. The van der Waals surface area contributed by atoms with Gasteiger partial charge < -0.3 is 5.32 Å². The van der Waals surface area contributed by atoms with Crippen LogP contribution in [-0.4, -0.2) is 18.1 Å². The van der Waals surface area contributed by atoms with Crippen molar-refractivity contribution < 1.29 is 0 Å². The lowest BCUT2D eigenvalue weighted by Crippen LogP contribution is -2.21. The summed E-state index contributed by atoms with van der Waals surface area (Å²) in [7, 11) is 0. The molecule has 0 aliphatic carbocycles. The molecule has 0 spiro atoms. The molecule has 86 valence electrons. The van der Waals surface area contributed by atoms with Gasteiger partial charge in [-0.3, -0.25) is 0 Å². The fourth-order valence-electron chi connectivity index (χ4n) is 1.54. The number of rotatable bonds is 6. The molecule has 1 nitrogen and oxygen atoms in total. The van der Waals surface area contributed by atoms with E-state index in [1.165, 1.54) is 16.9 Å². The Hall–Kier alpha value is 0.0100. The van der Waals surface area contributed by atoms with Gasteiger partial charge in [0.2, 0.25) is 0 Å². The Morgan fingerprint density at radius 3 is 2.73 bits per heavy atom. The Morgan fingerprint density at radius 1 is 1.47 bits per heavy atom. The largest absolute Gasteiger partial charge is 0.309 e. The van der Waals surface area contributed by atoms with Crippen LogP contribution in [0.3, 0.4) is 0 Å². The number of nitrogens with one attached hydrogen (secondary N) is 1. The predicted octanol–water partition coefficient (Wildman–Crippen LogP) is 3.85. The molecule has 0 saturated carbocycles. The summed E-state index contributed by atoms with van der Waals surface area (Å²) in [6.07, 6.45) is 3.42. The maximum absolute atomic E-state index is 3.59. The molecule has 0 saturated heterocycles. The third-order valence-electron chi connectivity index (χ3n) is 2.70. The summed E-state index contributed by atoms with van der Waals surface area (Å²) in [5, 5.41) is 6.52. The fourth-order valence-corrected chi connectivity index (χ4v) is 2.86. The molecule has 0 fully saturated rings. The first-order valence-electron chi connectivity index (χ1n) is 5.45. The van der Waals surface area contributed by atoms with Crippen molar-refractivity contribution in [1.82, 2.24) is 5.32 Å². The normalized spacial score (nSPS) is 15.2. The zero-order valence-corrected chi connectivity index (χ0v) is 11.7. The van der Waals surface area contributed by atoms with Crippen molar-refractivity contribution >= 4 is 23.1 Å². The molecule has 3 heteroatoms. The van der Waals surface area contributed by atoms with Crippen molar-refractivity contribution in [2.75, 3.05) is 12.8 Å². The van der Waals surface area contributed by atoms with E-state index >= 15 is 0 Å². The molecule has 1 aromatic heterocycles. The molecule has 2 unspecified atom stereocenters. The second kappa shape index (κ2) is 6.56. The van der Waals surface area contributed by atoms with E-state index in [2.05, 4.69) is 43.8 Å². The first kappa shape index (κ1) is 13.1. The minimum Gasteiger partial charge on any atom is -0.309 e. The highest BCUT2D eigenvalue weighted by Crippen LogP contribution is 2.23. The topological polar surface area (TPSA) is 12.0 Å². The van der Waals surface area contributed by atoms with Crippen molar-refractivity contribution in [3.63, 3.8) is 0 Å². The van der Waals surface area contributed by atoms with Crippen LogP contribution in [0, 0.1) is 6.92 Å². The maximum atomic E-state index is 3.59. The Bertz CT molecular complexity index is 283. The zero-order chi connectivity index (χ0) is 11.3. The first-order chi connectivity index (χ1) is 7.15. The van der Waals surface area contributed by atoms with Gasteiger partial charge in [-0.15, -0.1) is 11.3 Å². The predicted molar refractivity (Wildman–Crippen MR) is 73.1 cm³/mol. The zero-order valence-electron chi connectivity index (χ0n) is 10.0. The molecule has 15 heavy (non-hydrogen) atoms. The Morgan fingerprint density at radius 2 is 2.20 bits per heavy atom. The van der Waals surface area contributed by atoms with Crippen LogP contribution in [0.15, 0.2) is 11.4 Å². The number of thioether (sulfide) groups is 1. The van der Waals surface area contributed by atoms with Crippen LogP contribution in [0.1, 0.15) is 36.8 Å². The maximum Gasteiger partial charge on any atom is 0.0388 e. The average Bonchev–Trinajstić information content (AvgIpc) is 2.64. The number of aryl methyl sites for hydroxylation is 1. The third kappa shape index (κ3) is 4.17. The minimum absolute atomic E-state index is 0.499. The second-order valence-corrected chi connectivity index (χ2v) is 6.20. The van der Waals surface area contributed by atoms with Crippen LogP contribution in [0.4, 0.5) is 0 Å². The summed E-state index contributed by atoms with van der Waals surface area (Å²) in [6, 6.07) is 2.70. The molecule has 1 rings (SSSR count). The van der Waals surface area contributed by atoms with Crippen LogP contribution in [-0.2, 0) is 0 Å². The van der Waals surface area contributed by atoms with E-state index in [1.807, 2.05) is 23.1 Å². The van der Waals surface area contributed by atoms with Crippen LogP contribution in [0.2, 0.25) is 0 Å². The lowest BCUT2D eigenvalue weighted by Gasteiger charge is -2.15. The van der Waals surface area contributed by atoms with Crippen molar-refractivity contribution in [2.45, 2.75) is 38.5 Å². The number of hydrogen-bond acceptors (Lipinski definition) is 3. The number of hydrogen-bond donors (Lipinski definition) is 1. The van der Waals surface area contributed by atoms with E-state index in [4.69, 9.17) is 0 Å². The molecule has 0 bridgehead atoms. The highest BCUT2D eigenvalue weighted by molar-refractivity contribution is 7.99. The molecule has 0 amide bonds. The van der Waals surface area contributed by atoms with E-state index in [9.17, 15) is 0 Å². The van der Waals surface area contributed by atoms with E-state index in [0.717, 1.165) is 11.8 Å².